The Kier molecular flexibility index (Phi) is 5.21. The van der Waals surface area contributed by atoms with E-state index in [4.69, 9.17) is 10.5 Å². The molecule has 1 aliphatic heterocycles. The highest BCUT2D eigenvalue weighted by atomic mass is 19.4. The van der Waals surface area contributed by atoms with Gasteiger partial charge in [-0.05, 0) is 42.7 Å². The number of pyridine rings is 2. The zero-order valence-corrected chi connectivity index (χ0v) is 18.2. The Morgan fingerprint density at radius 2 is 1.97 bits per heavy atom. The van der Waals surface area contributed by atoms with Gasteiger partial charge in [0, 0.05) is 36.8 Å². The van der Waals surface area contributed by atoms with E-state index in [0.29, 0.717) is 41.4 Å². The molecule has 4 aromatic rings. The monoisotopic (exact) mass is 456 g/mol. The Balaban J connectivity index is 1.60. The minimum atomic E-state index is -4.44. The molecular formula is C23H23F3N6O. The van der Waals surface area contributed by atoms with Gasteiger partial charge in [-0.2, -0.15) is 13.2 Å². The molecule has 0 bridgehead atoms. The Bertz CT molecular complexity index is 1340. The Morgan fingerprint density at radius 1 is 1.15 bits per heavy atom. The van der Waals surface area contributed by atoms with Crippen LogP contribution in [0.1, 0.15) is 23.6 Å². The second kappa shape index (κ2) is 7.96. The van der Waals surface area contributed by atoms with Crippen LogP contribution in [0.4, 0.5) is 13.2 Å². The quantitative estimate of drug-likeness (QED) is 0.502. The van der Waals surface area contributed by atoms with E-state index in [9.17, 15) is 13.2 Å². The number of aromatic nitrogens is 4. The van der Waals surface area contributed by atoms with Gasteiger partial charge < -0.3 is 10.5 Å². The van der Waals surface area contributed by atoms with E-state index in [0.717, 1.165) is 10.9 Å². The molecule has 0 unspecified atom stereocenters. The van der Waals surface area contributed by atoms with E-state index in [1.807, 2.05) is 25.1 Å². The summed E-state index contributed by atoms with van der Waals surface area (Å²) in [6.45, 7) is 2.45. The van der Waals surface area contributed by atoms with Crippen molar-refractivity contribution in [1.82, 2.24) is 24.5 Å². The number of nitrogens with zero attached hydrogens (tertiary/aromatic N) is 5. The molecule has 0 radical (unpaired) electrons. The maximum Gasteiger partial charge on any atom is 0.408 e. The van der Waals surface area contributed by atoms with Gasteiger partial charge in [-0.3, -0.25) is 9.30 Å². The van der Waals surface area contributed by atoms with Crippen LogP contribution in [0.25, 0.3) is 28.1 Å². The molecule has 0 saturated carbocycles. The summed E-state index contributed by atoms with van der Waals surface area (Å²) in [6, 6.07) is 8.50. The Morgan fingerprint density at radius 3 is 2.67 bits per heavy atom. The lowest BCUT2D eigenvalue weighted by Crippen LogP contribution is -2.38. The van der Waals surface area contributed by atoms with Crippen LogP contribution in [0.5, 0.6) is 5.75 Å². The van der Waals surface area contributed by atoms with E-state index < -0.39 is 12.2 Å². The van der Waals surface area contributed by atoms with E-state index in [-0.39, 0.29) is 18.2 Å². The third-order valence-electron chi connectivity index (χ3n) is 6.11. The molecule has 0 amide bonds. The van der Waals surface area contributed by atoms with E-state index in [1.165, 1.54) is 17.2 Å². The van der Waals surface area contributed by atoms with Crippen LogP contribution in [-0.4, -0.2) is 56.9 Å². The number of likely N-dealkylation sites (tertiary alicyclic amines) is 1. The molecule has 10 heteroatoms. The number of methoxy groups -OCH3 is 1. The molecule has 3 aromatic heterocycles. The fourth-order valence-electron chi connectivity index (χ4n) is 4.51. The second-order valence-electron chi connectivity index (χ2n) is 8.41. The van der Waals surface area contributed by atoms with Crippen LogP contribution in [0.3, 0.4) is 0 Å². The van der Waals surface area contributed by atoms with Crippen molar-refractivity contribution in [2.75, 3.05) is 20.2 Å². The molecule has 1 saturated heterocycles. The van der Waals surface area contributed by atoms with Gasteiger partial charge in [0.15, 0.2) is 11.5 Å². The predicted molar refractivity (Wildman–Crippen MR) is 118 cm³/mol. The zero-order chi connectivity index (χ0) is 23.3. The summed E-state index contributed by atoms with van der Waals surface area (Å²) in [5.41, 5.74) is 8.62. The number of ether oxygens (including phenoxy) is 1. The molecule has 2 atom stereocenters. The van der Waals surface area contributed by atoms with Crippen LogP contribution in [0, 0.1) is 6.92 Å². The van der Waals surface area contributed by atoms with Crippen molar-refractivity contribution in [3.05, 3.63) is 53.7 Å². The molecular weight excluding hydrogens is 433 g/mol. The first-order valence-electron chi connectivity index (χ1n) is 10.6. The number of hydrogen-bond donors (Lipinski definition) is 1. The fraction of sp³-hybridized carbons (Fsp3) is 0.348. The van der Waals surface area contributed by atoms with Crippen LogP contribution >= 0.6 is 0 Å². The first-order chi connectivity index (χ1) is 15.7. The number of fused-ring (bicyclic) bond motifs is 2. The largest absolute Gasteiger partial charge is 0.496 e. The molecule has 1 aliphatic rings. The summed E-state index contributed by atoms with van der Waals surface area (Å²) in [5.74, 6) is 1.07. The third-order valence-corrected chi connectivity index (χ3v) is 6.11. The van der Waals surface area contributed by atoms with Gasteiger partial charge in [-0.1, -0.05) is 12.1 Å². The number of benzene rings is 1. The minimum absolute atomic E-state index is 0.114. The van der Waals surface area contributed by atoms with Crippen LogP contribution < -0.4 is 10.5 Å². The highest BCUT2D eigenvalue weighted by molar-refractivity contribution is 5.83. The third kappa shape index (κ3) is 3.89. The molecule has 33 heavy (non-hydrogen) atoms. The van der Waals surface area contributed by atoms with E-state index >= 15 is 0 Å². The first-order valence-corrected chi connectivity index (χ1v) is 10.6. The Labute approximate surface area is 188 Å². The van der Waals surface area contributed by atoms with Crippen LogP contribution in [0.2, 0.25) is 0 Å². The summed E-state index contributed by atoms with van der Waals surface area (Å²) < 4.78 is 49.1. The second-order valence-corrected chi connectivity index (χ2v) is 8.41. The SMILES string of the molecule is COc1cc2nc(-c3nnc4ccc([C@@H](N5CC[C@H](N)C5)C(F)(F)F)cn34)ccc2cc1C. The summed E-state index contributed by atoms with van der Waals surface area (Å²) in [5, 5.41) is 9.26. The molecule has 2 N–H and O–H groups in total. The topological polar surface area (TPSA) is 81.6 Å². The minimum Gasteiger partial charge on any atom is -0.496 e. The lowest BCUT2D eigenvalue weighted by molar-refractivity contribution is -0.183. The lowest BCUT2D eigenvalue weighted by atomic mass is 10.1. The summed E-state index contributed by atoms with van der Waals surface area (Å²) in [6.07, 6.45) is -2.45. The van der Waals surface area contributed by atoms with Gasteiger partial charge in [0.1, 0.15) is 17.5 Å². The molecule has 0 spiro atoms. The normalized spacial score (nSPS) is 18.3. The number of halogens is 3. The smallest absolute Gasteiger partial charge is 0.408 e. The van der Waals surface area contributed by atoms with Gasteiger partial charge in [0.2, 0.25) is 0 Å². The fourth-order valence-corrected chi connectivity index (χ4v) is 4.51. The van der Waals surface area contributed by atoms with Crippen molar-refractivity contribution in [3.8, 4) is 17.3 Å². The maximum atomic E-state index is 14.1. The summed E-state index contributed by atoms with van der Waals surface area (Å²) in [7, 11) is 1.59. The number of nitrogens with two attached hydrogens (primary N) is 1. The molecule has 5 rings (SSSR count). The number of hydrogen-bond acceptors (Lipinski definition) is 6. The van der Waals surface area contributed by atoms with Gasteiger partial charge in [-0.15, -0.1) is 10.2 Å². The lowest BCUT2D eigenvalue weighted by Gasteiger charge is -2.30. The molecule has 0 aliphatic carbocycles. The average molecular weight is 456 g/mol. The molecule has 1 fully saturated rings. The van der Waals surface area contributed by atoms with Gasteiger partial charge in [0.25, 0.3) is 0 Å². The Hall–Kier alpha value is -3.24. The van der Waals surface area contributed by atoms with Gasteiger partial charge in [0.05, 0.1) is 12.6 Å². The van der Waals surface area contributed by atoms with Crippen molar-refractivity contribution in [2.45, 2.75) is 31.6 Å². The highest BCUT2D eigenvalue weighted by Crippen LogP contribution is 2.39. The van der Waals surface area contributed by atoms with Gasteiger partial charge in [-0.25, -0.2) is 4.98 Å². The molecule has 7 nitrogen and oxygen atoms in total. The van der Waals surface area contributed by atoms with Crippen molar-refractivity contribution in [2.24, 2.45) is 5.73 Å². The average Bonchev–Trinajstić information content (AvgIpc) is 3.38. The zero-order valence-electron chi connectivity index (χ0n) is 18.2. The molecule has 4 heterocycles. The number of aryl methyl sites for hydroxylation is 1. The summed E-state index contributed by atoms with van der Waals surface area (Å²) in [4.78, 5) is 6.06. The van der Waals surface area contributed by atoms with E-state index in [1.54, 1.807) is 23.6 Å². The van der Waals surface area contributed by atoms with Crippen LogP contribution in [-0.2, 0) is 0 Å². The van der Waals surface area contributed by atoms with Crippen LogP contribution in [0.15, 0.2) is 42.6 Å². The molecule has 1 aromatic carbocycles. The van der Waals surface area contributed by atoms with Crippen molar-refractivity contribution in [3.63, 3.8) is 0 Å². The number of rotatable bonds is 4. The maximum absolute atomic E-state index is 14.1. The van der Waals surface area contributed by atoms with E-state index in [2.05, 4.69) is 15.2 Å². The first kappa shape index (κ1) is 21.6. The molecule has 172 valence electrons. The highest BCUT2D eigenvalue weighted by Gasteiger charge is 2.46. The van der Waals surface area contributed by atoms with Gasteiger partial charge >= 0.3 is 6.18 Å². The number of alkyl halides is 3. The van der Waals surface area contributed by atoms with Crippen molar-refractivity contribution >= 4 is 16.6 Å². The predicted octanol–water partition coefficient (Wildman–Crippen LogP) is 3.90. The summed E-state index contributed by atoms with van der Waals surface area (Å²) >= 11 is 0. The standard InChI is InChI=1S/C23H23F3N6O/c1-13-9-14-3-5-17(28-18(14)10-19(13)33-2)22-30-29-20-6-4-15(11-32(20)22)21(23(24,25)26)31-8-7-16(27)12-31/h3-6,9-11,16,21H,7-8,12,27H2,1-2H3/t16-,21+/m0/s1. The van der Waals surface area contributed by atoms with Crippen molar-refractivity contribution < 1.29 is 17.9 Å². The van der Waals surface area contributed by atoms with Crippen molar-refractivity contribution in [1.29, 1.82) is 0 Å².